The molecule has 1 heterocycles. The molecule has 3 N–H and O–H groups in total. The highest BCUT2D eigenvalue weighted by Crippen LogP contribution is 2.24. The van der Waals surface area contributed by atoms with Crippen LogP contribution in [0.1, 0.15) is 27.0 Å². The summed E-state index contributed by atoms with van der Waals surface area (Å²) in [6.07, 6.45) is 0.989. The van der Waals surface area contributed by atoms with E-state index in [2.05, 4.69) is 13.0 Å². The molecule has 5 heteroatoms. The van der Waals surface area contributed by atoms with Gasteiger partial charge in [0.05, 0.1) is 0 Å². The van der Waals surface area contributed by atoms with E-state index in [9.17, 15) is 4.79 Å². The Hall–Kier alpha value is -2.01. The number of rotatable bonds is 5. The van der Waals surface area contributed by atoms with Crippen LogP contribution in [0.2, 0.25) is 0 Å². The molecule has 0 bridgehead atoms. The first-order chi connectivity index (χ1) is 9.10. The van der Waals surface area contributed by atoms with Gasteiger partial charge in [-0.2, -0.15) is 0 Å². The second kappa shape index (κ2) is 5.75. The number of hydrogen-bond donors (Lipinski definition) is 2. The number of benzene rings is 1. The van der Waals surface area contributed by atoms with Gasteiger partial charge in [-0.05, 0) is 30.7 Å². The quantitative estimate of drug-likeness (QED) is 0.823. The maximum atomic E-state index is 11.1. The number of thiophene rings is 1. The molecular formula is C14H15NO3S. The van der Waals surface area contributed by atoms with E-state index in [4.69, 9.17) is 15.6 Å². The maximum absolute atomic E-state index is 11.1. The summed E-state index contributed by atoms with van der Waals surface area (Å²) in [6, 6.07) is 8.60. The van der Waals surface area contributed by atoms with Gasteiger partial charge in [0, 0.05) is 21.5 Å². The smallest absolute Gasteiger partial charge is 0.339 e. The minimum absolute atomic E-state index is 0.126. The van der Waals surface area contributed by atoms with Gasteiger partial charge >= 0.3 is 5.97 Å². The molecular weight excluding hydrogens is 262 g/mol. The highest BCUT2D eigenvalue weighted by atomic mass is 32.1. The van der Waals surface area contributed by atoms with Crippen molar-refractivity contribution in [3.8, 4) is 5.75 Å². The van der Waals surface area contributed by atoms with Gasteiger partial charge in [0.2, 0.25) is 0 Å². The van der Waals surface area contributed by atoms with Gasteiger partial charge in [-0.15, -0.1) is 11.3 Å². The van der Waals surface area contributed by atoms with Crippen molar-refractivity contribution in [3.63, 3.8) is 0 Å². The van der Waals surface area contributed by atoms with E-state index >= 15 is 0 Å². The standard InChI is InChI=1S/C14H15NO3S/c1-2-10-4-5-11(19-10)8-18-13-7-9(15)3-6-12(13)14(16)17/h3-7H,2,8,15H2,1H3,(H,16,17). The lowest BCUT2D eigenvalue weighted by atomic mass is 10.2. The summed E-state index contributed by atoms with van der Waals surface area (Å²) >= 11 is 1.67. The van der Waals surface area contributed by atoms with Crippen molar-refractivity contribution in [2.24, 2.45) is 0 Å². The fraction of sp³-hybridized carbons (Fsp3) is 0.214. The second-order valence-corrected chi connectivity index (χ2v) is 5.32. The summed E-state index contributed by atoms with van der Waals surface area (Å²) in [4.78, 5) is 13.4. The number of ether oxygens (including phenoxy) is 1. The number of aromatic carboxylic acids is 1. The van der Waals surface area contributed by atoms with E-state index in [0.717, 1.165) is 11.3 Å². The lowest BCUT2D eigenvalue weighted by Gasteiger charge is -2.08. The molecule has 1 aromatic carbocycles. The minimum Gasteiger partial charge on any atom is -0.487 e. The SMILES string of the molecule is CCc1ccc(COc2cc(N)ccc2C(=O)O)s1. The Balaban J connectivity index is 2.14. The summed E-state index contributed by atoms with van der Waals surface area (Å²) in [6.45, 7) is 2.45. The highest BCUT2D eigenvalue weighted by Gasteiger charge is 2.12. The average Bonchev–Trinajstić information content (AvgIpc) is 2.84. The topological polar surface area (TPSA) is 72.5 Å². The van der Waals surface area contributed by atoms with Crippen molar-refractivity contribution in [2.75, 3.05) is 5.73 Å². The molecule has 0 aliphatic carbocycles. The fourth-order valence-electron chi connectivity index (χ4n) is 1.67. The number of hydrogen-bond acceptors (Lipinski definition) is 4. The van der Waals surface area contributed by atoms with Crippen molar-refractivity contribution < 1.29 is 14.6 Å². The van der Waals surface area contributed by atoms with Crippen LogP contribution in [0.5, 0.6) is 5.75 Å². The van der Waals surface area contributed by atoms with Crippen LogP contribution in [0.15, 0.2) is 30.3 Å². The molecule has 0 saturated carbocycles. The molecule has 0 radical (unpaired) electrons. The van der Waals surface area contributed by atoms with E-state index in [0.29, 0.717) is 18.0 Å². The average molecular weight is 277 g/mol. The Morgan fingerprint density at radius 3 is 2.68 bits per heavy atom. The molecule has 1 aromatic heterocycles. The van der Waals surface area contributed by atoms with Gasteiger partial charge in [-0.3, -0.25) is 0 Å². The summed E-state index contributed by atoms with van der Waals surface area (Å²) in [7, 11) is 0. The molecule has 0 atom stereocenters. The predicted octanol–water partition coefficient (Wildman–Crippen LogP) is 3.17. The fourth-order valence-corrected chi connectivity index (χ4v) is 2.54. The third-order valence-electron chi connectivity index (χ3n) is 2.67. The molecule has 0 aliphatic rings. The Kier molecular flexibility index (Phi) is 4.06. The van der Waals surface area contributed by atoms with E-state index in [1.165, 1.54) is 17.0 Å². The third kappa shape index (κ3) is 3.26. The van der Waals surface area contributed by atoms with E-state index < -0.39 is 5.97 Å². The number of carboxylic acid groups (broad SMARTS) is 1. The lowest BCUT2D eigenvalue weighted by molar-refractivity contribution is 0.0692. The highest BCUT2D eigenvalue weighted by molar-refractivity contribution is 7.11. The van der Waals surface area contributed by atoms with Crippen LogP contribution in [-0.4, -0.2) is 11.1 Å². The largest absolute Gasteiger partial charge is 0.487 e. The normalized spacial score (nSPS) is 10.4. The van der Waals surface area contributed by atoms with Crippen molar-refractivity contribution >= 4 is 23.0 Å². The van der Waals surface area contributed by atoms with Crippen LogP contribution < -0.4 is 10.5 Å². The summed E-state index contributed by atoms with van der Waals surface area (Å²) < 4.78 is 5.57. The van der Waals surface area contributed by atoms with E-state index in [-0.39, 0.29) is 5.56 Å². The maximum Gasteiger partial charge on any atom is 0.339 e. The number of aryl methyl sites for hydroxylation is 1. The number of carbonyl (C=O) groups is 1. The Labute approximate surface area is 115 Å². The van der Waals surface area contributed by atoms with Crippen LogP contribution in [-0.2, 0) is 13.0 Å². The van der Waals surface area contributed by atoms with Crippen molar-refractivity contribution in [1.82, 2.24) is 0 Å². The second-order valence-electron chi connectivity index (χ2n) is 4.07. The van der Waals surface area contributed by atoms with E-state index in [1.807, 2.05) is 6.07 Å². The zero-order valence-electron chi connectivity index (χ0n) is 10.6. The van der Waals surface area contributed by atoms with Crippen molar-refractivity contribution in [3.05, 3.63) is 45.6 Å². The van der Waals surface area contributed by atoms with Gasteiger partial charge in [-0.1, -0.05) is 6.92 Å². The van der Waals surface area contributed by atoms with Crippen molar-refractivity contribution in [1.29, 1.82) is 0 Å². The first-order valence-corrected chi connectivity index (χ1v) is 6.75. The molecule has 0 amide bonds. The monoisotopic (exact) mass is 277 g/mol. The predicted molar refractivity (Wildman–Crippen MR) is 75.8 cm³/mol. The van der Waals surface area contributed by atoms with Crippen molar-refractivity contribution in [2.45, 2.75) is 20.0 Å². The summed E-state index contributed by atoms with van der Waals surface area (Å²) in [5, 5.41) is 9.08. The first kappa shape index (κ1) is 13.4. The van der Waals surface area contributed by atoms with Gasteiger partial charge in [0.25, 0.3) is 0 Å². The molecule has 0 saturated heterocycles. The molecule has 2 aromatic rings. The first-order valence-electron chi connectivity index (χ1n) is 5.93. The molecule has 19 heavy (non-hydrogen) atoms. The number of nitrogen functional groups attached to an aromatic ring is 1. The lowest BCUT2D eigenvalue weighted by Crippen LogP contribution is -2.03. The van der Waals surface area contributed by atoms with Gasteiger partial charge in [0.15, 0.2) is 0 Å². The van der Waals surface area contributed by atoms with Crippen LogP contribution in [0.3, 0.4) is 0 Å². The zero-order chi connectivity index (χ0) is 13.8. The molecule has 100 valence electrons. The molecule has 0 unspecified atom stereocenters. The van der Waals surface area contributed by atoms with Crippen LogP contribution in [0.4, 0.5) is 5.69 Å². The number of anilines is 1. The number of carboxylic acids is 1. The van der Waals surface area contributed by atoms with Gasteiger partial charge < -0.3 is 15.6 Å². The van der Waals surface area contributed by atoms with Gasteiger partial charge in [0.1, 0.15) is 17.9 Å². The molecule has 0 fully saturated rings. The van der Waals surface area contributed by atoms with Gasteiger partial charge in [-0.25, -0.2) is 4.79 Å². The van der Waals surface area contributed by atoms with Crippen LogP contribution >= 0.6 is 11.3 Å². The summed E-state index contributed by atoms with van der Waals surface area (Å²) in [5.74, 6) is -0.714. The Bertz CT molecular complexity index is 592. The Morgan fingerprint density at radius 1 is 1.32 bits per heavy atom. The number of nitrogens with two attached hydrogens (primary N) is 1. The van der Waals surface area contributed by atoms with Crippen LogP contribution in [0.25, 0.3) is 0 Å². The van der Waals surface area contributed by atoms with Crippen LogP contribution in [0, 0.1) is 0 Å². The Morgan fingerprint density at radius 2 is 2.05 bits per heavy atom. The van der Waals surface area contributed by atoms with E-state index in [1.54, 1.807) is 17.4 Å². The summed E-state index contributed by atoms with van der Waals surface area (Å²) in [5.41, 5.74) is 6.26. The third-order valence-corrected chi connectivity index (χ3v) is 3.87. The zero-order valence-corrected chi connectivity index (χ0v) is 11.4. The molecule has 0 spiro atoms. The molecule has 0 aliphatic heterocycles. The minimum atomic E-state index is -1.02. The molecule has 2 rings (SSSR count). The molecule has 4 nitrogen and oxygen atoms in total.